The minimum atomic E-state index is -0.00470. The molecule has 0 radical (unpaired) electrons. The van der Waals surface area contributed by atoms with Crippen LogP contribution in [0.1, 0.15) is 18.8 Å². The number of aryl methyl sites for hydroxylation is 1. The van der Waals surface area contributed by atoms with E-state index < -0.39 is 0 Å². The van der Waals surface area contributed by atoms with Gasteiger partial charge in [-0.25, -0.2) is 0 Å². The van der Waals surface area contributed by atoms with Crippen LogP contribution in [0.5, 0.6) is 0 Å². The van der Waals surface area contributed by atoms with Crippen LogP contribution in [-0.2, 0) is 7.05 Å². The first-order chi connectivity index (χ1) is 9.08. The van der Waals surface area contributed by atoms with Crippen molar-refractivity contribution in [1.29, 1.82) is 0 Å². The Labute approximate surface area is 119 Å². The van der Waals surface area contributed by atoms with Gasteiger partial charge in [-0.15, -0.1) is 10.2 Å². The molecule has 0 aliphatic carbocycles. The standard InChI is InChI=1S/C12H12ClN5S/c1-7(11-16-14-6-17(11)2)18-10-4-3-8(13)5-9(10)15-12(18)19/h3-7H,1-2H3,(H,15,19). The van der Waals surface area contributed by atoms with Crippen molar-refractivity contribution >= 4 is 34.9 Å². The van der Waals surface area contributed by atoms with Crippen LogP contribution in [0, 0.1) is 4.77 Å². The Morgan fingerprint density at radius 1 is 1.42 bits per heavy atom. The van der Waals surface area contributed by atoms with E-state index >= 15 is 0 Å². The lowest BCUT2D eigenvalue weighted by Gasteiger charge is -2.13. The van der Waals surface area contributed by atoms with Gasteiger partial charge in [0.05, 0.1) is 17.1 Å². The number of rotatable bonds is 2. The number of hydrogen-bond acceptors (Lipinski definition) is 3. The highest BCUT2D eigenvalue weighted by Crippen LogP contribution is 2.24. The number of nitrogens with one attached hydrogen (secondary N) is 1. The molecule has 3 rings (SSSR count). The molecule has 7 heteroatoms. The van der Waals surface area contributed by atoms with Crippen LogP contribution in [0.3, 0.4) is 0 Å². The van der Waals surface area contributed by atoms with Gasteiger partial charge in [-0.3, -0.25) is 0 Å². The first-order valence-electron chi connectivity index (χ1n) is 5.81. The van der Waals surface area contributed by atoms with E-state index in [1.165, 1.54) is 0 Å². The third-order valence-electron chi connectivity index (χ3n) is 3.19. The van der Waals surface area contributed by atoms with E-state index in [1.807, 2.05) is 41.3 Å². The Balaban J connectivity index is 2.23. The molecule has 1 unspecified atom stereocenters. The Kier molecular flexibility index (Phi) is 2.91. The van der Waals surface area contributed by atoms with Crippen molar-refractivity contribution in [3.8, 4) is 0 Å². The summed E-state index contributed by atoms with van der Waals surface area (Å²) >= 11 is 11.4. The molecular formula is C12H12ClN5S. The molecule has 0 aliphatic rings. The Bertz CT molecular complexity index is 800. The van der Waals surface area contributed by atoms with Crippen LogP contribution in [0.4, 0.5) is 0 Å². The van der Waals surface area contributed by atoms with Crippen molar-refractivity contribution in [2.75, 3.05) is 0 Å². The first-order valence-corrected chi connectivity index (χ1v) is 6.60. The molecule has 0 saturated heterocycles. The molecule has 5 nitrogen and oxygen atoms in total. The molecule has 0 fully saturated rings. The molecule has 1 aromatic carbocycles. The molecule has 19 heavy (non-hydrogen) atoms. The van der Waals surface area contributed by atoms with E-state index in [0.29, 0.717) is 9.79 Å². The maximum absolute atomic E-state index is 5.99. The van der Waals surface area contributed by atoms with Crippen LogP contribution >= 0.6 is 23.8 Å². The second kappa shape index (κ2) is 4.47. The number of aromatic amines is 1. The average molecular weight is 294 g/mol. The van der Waals surface area contributed by atoms with Gasteiger partial charge in [0.25, 0.3) is 0 Å². The highest BCUT2D eigenvalue weighted by atomic mass is 35.5. The summed E-state index contributed by atoms with van der Waals surface area (Å²) in [5, 5.41) is 8.74. The molecule has 1 N–H and O–H groups in total. The Hall–Kier alpha value is -1.66. The van der Waals surface area contributed by atoms with Crippen LogP contribution in [0.25, 0.3) is 11.0 Å². The maximum atomic E-state index is 5.99. The fourth-order valence-electron chi connectivity index (χ4n) is 2.27. The van der Waals surface area contributed by atoms with E-state index in [0.717, 1.165) is 16.9 Å². The van der Waals surface area contributed by atoms with E-state index in [2.05, 4.69) is 15.2 Å². The molecule has 0 bridgehead atoms. The summed E-state index contributed by atoms with van der Waals surface area (Å²) in [6.07, 6.45) is 1.68. The normalized spacial score (nSPS) is 13.0. The van der Waals surface area contributed by atoms with Crippen LogP contribution in [0.2, 0.25) is 5.02 Å². The summed E-state index contributed by atoms with van der Waals surface area (Å²) in [7, 11) is 1.92. The van der Waals surface area contributed by atoms with Crippen LogP contribution in [0.15, 0.2) is 24.5 Å². The van der Waals surface area contributed by atoms with Gasteiger partial charge < -0.3 is 14.1 Å². The van der Waals surface area contributed by atoms with Crippen molar-refractivity contribution in [2.45, 2.75) is 13.0 Å². The molecule has 0 spiro atoms. The smallest absolute Gasteiger partial charge is 0.178 e. The fraction of sp³-hybridized carbons (Fsp3) is 0.250. The summed E-state index contributed by atoms with van der Waals surface area (Å²) in [6.45, 7) is 2.04. The molecule has 2 aromatic heterocycles. The van der Waals surface area contributed by atoms with Gasteiger partial charge in [0.15, 0.2) is 10.6 Å². The van der Waals surface area contributed by atoms with Gasteiger partial charge in [-0.1, -0.05) is 11.6 Å². The molecular weight excluding hydrogens is 282 g/mol. The lowest BCUT2D eigenvalue weighted by Crippen LogP contribution is -2.12. The van der Waals surface area contributed by atoms with Crippen LogP contribution < -0.4 is 0 Å². The number of hydrogen-bond donors (Lipinski definition) is 1. The van der Waals surface area contributed by atoms with Gasteiger partial charge in [-0.05, 0) is 37.3 Å². The average Bonchev–Trinajstić information content (AvgIpc) is 2.90. The first kappa shape index (κ1) is 12.4. The Morgan fingerprint density at radius 3 is 2.89 bits per heavy atom. The maximum Gasteiger partial charge on any atom is 0.178 e. The van der Waals surface area contributed by atoms with E-state index in [9.17, 15) is 0 Å². The van der Waals surface area contributed by atoms with Gasteiger partial charge in [0, 0.05) is 12.1 Å². The predicted octanol–water partition coefficient (Wildman–Crippen LogP) is 3.09. The highest BCUT2D eigenvalue weighted by molar-refractivity contribution is 7.71. The summed E-state index contributed by atoms with van der Waals surface area (Å²) in [5.74, 6) is 0.854. The zero-order valence-electron chi connectivity index (χ0n) is 10.5. The monoisotopic (exact) mass is 293 g/mol. The highest BCUT2D eigenvalue weighted by Gasteiger charge is 2.17. The largest absolute Gasteiger partial charge is 0.331 e. The quantitative estimate of drug-likeness (QED) is 0.739. The minimum absolute atomic E-state index is 0.00470. The third-order valence-corrected chi connectivity index (χ3v) is 3.72. The molecule has 2 heterocycles. The SMILES string of the molecule is CC(c1nncn1C)n1c(=S)[nH]c2cc(Cl)ccc21. The second-order valence-corrected chi connectivity index (χ2v) is 5.26. The number of aromatic nitrogens is 5. The molecule has 0 amide bonds. The number of benzene rings is 1. The molecule has 0 aliphatic heterocycles. The lowest BCUT2D eigenvalue weighted by atomic mass is 10.2. The fourth-order valence-corrected chi connectivity index (χ4v) is 2.81. The number of fused-ring (bicyclic) bond motifs is 1. The third kappa shape index (κ3) is 1.97. The van der Waals surface area contributed by atoms with Crippen LogP contribution in [-0.4, -0.2) is 24.3 Å². The van der Waals surface area contributed by atoms with E-state index in [4.69, 9.17) is 23.8 Å². The topological polar surface area (TPSA) is 51.4 Å². The van der Waals surface area contributed by atoms with Gasteiger partial charge in [0.1, 0.15) is 6.33 Å². The number of halogens is 1. The van der Waals surface area contributed by atoms with Gasteiger partial charge in [-0.2, -0.15) is 0 Å². The van der Waals surface area contributed by atoms with Crippen molar-refractivity contribution in [2.24, 2.45) is 7.05 Å². The van der Waals surface area contributed by atoms with Crippen molar-refractivity contribution in [3.63, 3.8) is 0 Å². The number of H-pyrrole nitrogens is 1. The Morgan fingerprint density at radius 2 is 2.21 bits per heavy atom. The number of imidazole rings is 1. The predicted molar refractivity (Wildman–Crippen MR) is 76.9 cm³/mol. The summed E-state index contributed by atoms with van der Waals surface area (Å²) in [6, 6.07) is 5.67. The van der Waals surface area contributed by atoms with E-state index in [-0.39, 0.29) is 6.04 Å². The van der Waals surface area contributed by atoms with E-state index in [1.54, 1.807) is 6.33 Å². The lowest BCUT2D eigenvalue weighted by molar-refractivity contribution is 0.581. The minimum Gasteiger partial charge on any atom is -0.331 e. The summed E-state index contributed by atoms with van der Waals surface area (Å²) in [4.78, 5) is 3.17. The van der Waals surface area contributed by atoms with Gasteiger partial charge >= 0.3 is 0 Å². The molecule has 3 aromatic rings. The molecule has 98 valence electrons. The summed E-state index contributed by atoms with van der Waals surface area (Å²) in [5.41, 5.74) is 1.93. The molecule has 0 saturated carbocycles. The zero-order valence-corrected chi connectivity index (χ0v) is 12.0. The number of nitrogens with zero attached hydrogens (tertiary/aromatic N) is 4. The van der Waals surface area contributed by atoms with Crippen molar-refractivity contribution in [1.82, 2.24) is 24.3 Å². The van der Waals surface area contributed by atoms with Crippen molar-refractivity contribution in [3.05, 3.63) is 40.1 Å². The molecule has 1 atom stereocenters. The van der Waals surface area contributed by atoms with Crippen molar-refractivity contribution < 1.29 is 0 Å². The summed E-state index contributed by atoms with van der Waals surface area (Å²) < 4.78 is 4.56. The zero-order chi connectivity index (χ0) is 13.6. The van der Waals surface area contributed by atoms with Gasteiger partial charge in [0.2, 0.25) is 0 Å². The second-order valence-electron chi connectivity index (χ2n) is 4.44.